The summed E-state index contributed by atoms with van der Waals surface area (Å²) in [5, 5.41) is 3.87. The lowest BCUT2D eigenvalue weighted by Gasteiger charge is -2.32. The lowest BCUT2D eigenvalue weighted by atomic mass is 9.99. The Morgan fingerprint density at radius 1 is 1.32 bits per heavy atom. The average molecular weight is 303 g/mol. The molecule has 120 valence electrons. The van der Waals surface area contributed by atoms with Gasteiger partial charge < -0.3 is 10.6 Å². The number of piperazine rings is 1. The summed E-state index contributed by atoms with van der Waals surface area (Å²) >= 11 is 0. The second-order valence-electron chi connectivity index (χ2n) is 5.95. The number of aryl methyl sites for hydroxylation is 1. The topological polar surface area (TPSA) is 74.0 Å². The zero-order valence-electron chi connectivity index (χ0n) is 13.6. The maximum atomic E-state index is 10.7. The fourth-order valence-electron chi connectivity index (χ4n) is 2.67. The number of nitrogens with two attached hydrogens (primary N) is 1. The number of carbonyl (C=O) groups is 1. The molecule has 22 heavy (non-hydrogen) atoms. The van der Waals surface area contributed by atoms with E-state index in [1.165, 1.54) is 16.7 Å². The molecule has 1 aromatic carbocycles. The van der Waals surface area contributed by atoms with Crippen molar-refractivity contribution in [3.63, 3.8) is 0 Å². The zero-order valence-corrected chi connectivity index (χ0v) is 13.6. The summed E-state index contributed by atoms with van der Waals surface area (Å²) in [6.07, 6.45) is 1.65. The van der Waals surface area contributed by atoms with Gasteiger partial charge in [-0.25, -0.2) is 10.2 Å². The minimum Gasteiger partial charge on any atom is -0.350 e. The number of urea groups is 1. The third kappa shape index (κ3) is 4.54. The summed E-state index contributed by atoms with van der Waals surface area (Å²) in [7, 11) is 2.16. The van der Waals surface area contributed by atoms with E-state index >= 15 is 0 Å². The van der Waals surface area contributed by atoms with Crippen LogP contribution in [0.4, 0.5) is 4.79 Å². The number of benzene rings is 1. The van der Waals surface area contributed by atoms with Crippen LogP contribution in [0.3, 0.4) is 0 Å². The SMILES string of the molecule is Cc1cc(C=NNC(N)=O)c(C)c(CN2CCN(C)CC2)c1. The number of nitrogens with zero attached hydrogens (tertiary/aromatic N) is 3. The van der Waals surface area contributed by atoms with E-state index in [2.05, 4.69) is 53.4 Å². The molecular weight excluding hydrogens is 278 g/mol. The number of rotatable bonds is 4. The lowest BCUT2D eigenvalue weighted by Crippen LogP contribution is -2.44. The second kappa shape index (κ2) is 7.38. The summed E-state index contributed by atoms with van der Waals surface area (Å²) in [5.41, 5.74) is 12.0. The Morgan fingerprint density at radius 2 is 2.00 bits per heavy atom. The first-order chi connectivity index (χ1) is 10.5. The van der Waals surface area contributed by atoms with E-state index in [0.29, 0.717) is 0 Å². The Hall–Kier alpha value is -1.92. The van der Waals surface area contributed by atoms with Crippen LogP contribution in [0.2, 0.25) is 0 Å². The smallest absolute Gasteiger partial charge is 0.332 e. The zero-order chi connectivity index (χ0) is 16.1. The van der Waals surface area contributed by atoms with E-state index in [-0.39, 0.29) is 0 Å². The number of hydrazone groups is 1. The Morgan fingerprint density at radius 3 is 2.64 bits per heavy atom. The molecule has 0 atom stereocenters. The minimum atomic E-state index is -0.654. The number of amides is 2. The van der Waals surface area contributed by atoms with E-state index in [0.717, 1.165) is 38.3 Å². The van der Waals surface area contributed by atoms with E-state index in [4.69, 9.17) is 5.73 Å². The molecule has 6 nitrogen and oxygen atoms in total. The van der Waals surface area contributed by atoms with Crippen molar-refractivity contribution >= 4 is 12.2 Å². The van der Waals surface area contributed by atoms with Gasteiger partial charge in [-0.15, -0.1) is 0 Å². The number of nitrogens with one attached hydrogen (secondary N) is 1. The molecule has 0 aliphatic carbocycles. The predicted molar refractivity (Wildman–Crippen MR) is 89.0 cm³/mol. The summed E-state index contributed by atoms with van der Waals surface area (Å²) in [6, 6.07) is 3.64. The predicted octanol–water partition coefficient (Wildman–Crippen LogP) is 1.05. The molecule has 0 aromatic heterocycles. The van der Waals surface area contributed by atoms with Crippen LogP contribution in [0.25, 0.3) is 0 Å². The minimum absolute atomic E-state index is 0.654. The molecule has 1 heterocycles. The van der Waals surface area contributed by atoms with Gasteiger partial charge in [-0.3, -0.25) is 4.90 Å². The number of carbonyl (C=O) groups excluding carboxylic acids is 1. The highest BCUT2D eigenvalue weighted by Gasteiger charge is 2.15. The maximum Gasteiger partial charge on any atom is 0.332 e. The van der Waals surface area contributed by atoms with E-state index < -0.39 is 6.03 Å². The van der Waals surface area contributed by atoms with Gasteiger partial charge in [0.05, 0.1) is 6.21 Å². The summed E-state index contributed by atoms with van der Waals surface area (Å²) in [6.45, 7) is 9.53. The molecule has 2 amide bonds. The van der Waals surface area contributed by atoms with Gasteiger partial charge in [-0.1, -0.05) is 17.7 Å². The molecule has 1 aromatic rings. The van der Waals surface area contributed by atoms with Gasteiger partial charge in [-0.05, 0) is 37.6 Å². The fraction of sp³-hybridized carbons (Fsp3) is 0.500. The molecule has 1 aliphatic heterocycles. The number of hydrogen-bond donors (Lipinski definition) is 2. The molecule has 6 heteroatoms. The van der Waals surface area contributed by atoms with E-state index in [9.17, 15) is 4.79 Å². The largest absolute Gasteiger partial charge is 0.350 e. The first kappa shape index (κ1) is 16.5. The molecule has 0 spiro atoms. The summed E-state index contributed by atoms with van der Waals surface area (Å²) < 4.78 is 0. The maximum absolute atomic E-state index is 10.7. The van der Waals surface area contributed by atoms with Gasteiger partial charge in [0.15, 0.2) is 0 Å². The van der Waals surface area contributed by atoms with Crippen LogP contribution in [0.15, 0.2) is 17.2 Å². The van der Waals surface area contributed by atoms with Crippen molar-refractivity contribution in [2.75, 3.05) is 33.2 Å². The van der Waals surface area contributed by atoms with E-state index in [1.807, 2.05) is 0 Å². The molecular formula is C16H25N5O. The Kier molecular flexibility index (Phi) is 5.51. The molecule has 0 bridgehead atoms. The molecule has 1 aliphatic rings. The quantitative estimate of drug-likeness (QED) is 0.645. The highest BCUT2D eigenvalue weighted by molar-refractivity contribution is 5.84. The van der Waals surface area contributed by atoms with Crippen molar-refractivity contribution in [3.05, 3.63) is 34.4 Å². The molecule has 2 rings (SSSR count). The monoisotopic (exact) mass is 303 g/mol. The van der Waals surface area contributed by atoms with Gasteiger partial charge in [0.2, 0.25) is 0 Å². The normalized spacial score (nSPS) is 17.0. The van der Waals surface area contributed by atoms with Crippen molar-refractivity contribution in [2.24, 2.45) is 10.8 Å². The number of primary amides is 1. The first-order valence-electron chi connectivity index (χ1n) is 7.55. The standard InChI is InChI=1S/C16H25N5O/c1-12-8-14(10-18-19-16(17)22)13(2)15(9-12)11-21-6-4-20(3)5-7-21/h8-10H,4-7,11H2,1-3H3,(H3,17,19,22). The average Bonchev–Trinajstić information content (AvgIpc) is 2.45. The summed E-state index contributed by atoms with van der Waals surface area (Å²) in [5.74, 6) is 0. The van der Waals surface area contributed by atoms with Crippen LogP contribution in [0.1, 0.15) is 22.3 Å². The third-order valence-electron chi connectivity index (χ3n) is 4.07. The van der Waals surface area contributed by atoms with Crippen molar-refractivity contribution in [2.45, 2.75) is 20.4 Å². The van der Waals surface area contributed by atoms with Gasteiger partial charge in [0.25, 0.3) is 0 Å². The third-order valence-corrected chi connectivity index (χ3v) is 4.07. The fourth-order valence-corrected chi connectivity index (χ4v) is 2.67. The number of hydrogen-bond acceptors (Lipinski definition) is 4. The van der Waals surface area contributed by atoms with Crippen molar-refractivity contribution in [3.8, 4) is 0 Å². The van der Waals surface area contributed by atoms with Gasteiger partial charge in [0, 0.05) is 32.7 Å². The molecule has 1 fully saturated rings. The molecule has 1 saturated heterocycles. The van der Waals surface area contributed by atoms with Crippen LogP contribution in [-0.2, 0) is 6.54 Å². The Labute approximate surface area is 132 Å². The molecule has 0 saturated carbocycles. The van der Waals surface area contributed by atoms with E-state index in [1.54, 1.807) is 6.21 Å². The van der Waals surface area contributed by atoms with Crippen LogP contribution < -0.4 is 11.2 Å². The Balaban J connectivity index is 2.12. The molecule has 3 N–H and O–H groups in total. The van der Waals surface area contributed by atoms with Crippen molar-refractivity contribution < 1.29 is 4.79 Å². The van der Waals surface area contributed by atoms with Crippen LogP contribution in [0.5, 0.6) is 0 Å². The highest BCUT2D eigenvalue weighted by atomic mass is 16.2. The van der Waals surface area contributed by atoms with Crippen LogP contribution in [0, 0.1) is 13.8 Å². The van der Waals surface area contributed by atoms with Crippen molar-refractivity contribution in [1.29, 1.82) is 0 Å². The summed E-state index contributed by atoms with van der Waals surface area (Å²) in [4.78, 5) is 15.5. The highest BCUT2D eigenvalue weighted by Crippen LogP contribution is 2.18. The van der Waals surface area contributed by atoms with Crippen LogP contribution in [-0.4, -0.2) is 55.3 Å². The van der Waals surface area contributed by atoms with Crippen LogP contribution >= 0.6 is 0 Å². The lowest BCUT2D eigenvalue weighted by molar-refractivity contribution is 0.148. The van der Waals surface area contributed by atoms with Gasteiger partial charge >= 0.3 is 6.03 Å². The second-order valence-corrected chi connectivity index (χ2v) is 5.95. The Bertz CT molecular complexity index is 562. The van der Waals surface area contributed by atoms with Gasteiger partial charge in [0.1, 0.15) is 0 Å². The molecule has 0 radical (unpaired) electrons. The molecule has 0 unspecified atom stereocenters. The van der Waals surface area contributed by atoms with Gasteiger partial charge in [-0.2, -0.15) is 5.10 Å². The first-order valence-corrected chi connectivity index (χ1v) is 7.55. The van der Waals surface area contributed by atoms with Crippen molar-refractivity contribution in [1.82, 2.24) is 15.2 Å². The number of likely N-dealkylation sites (N-methyl/N-ethyl adjacent to an activating group) is 1.